The van der Waals surface area contributed by atoms with Crippen LogP contribution in [0.1, 0.15) is 36.4 Å². The van der Waals surface area contributed by atoms with Gasteiger partial charge in [0.1, 0.15) is 5.76 Å². The third kappa shape index (κ3) is 3.67. The molecule has 2 heterocycles. The van der Waals surface area contributed by atoms with Crippen molar-refractivity contribution in [3.63, 3.8) is 0 Å². The Bertz CT molecular complexity index is 979. The fourth-order valence-electron chi connectivity index (χ4n) is 2.50. The Morgan fingerprint density at radius 3 is 2.85 bits per heavy atom. The van der Waals surface area contributed by atoms with Crippen molar-refractivity contribution in [3.8, 4) is 0 Å². The Kier molecular flexibility index (Phi) is 5.46. The van der Waals surface area contributed by atoms with Gasteiger partial charge in [-0.3, -0.25) is 9.36 Å². The Morgan fingerprint density at radius 1 is 1.38 bits per heavy atom. The molecule has 26 heavy (non-hydrogen) atoms. The SMILES string of the molecule is CCC(C)Sc1nc2cc(C(=O)OC)ccc2c(=O)n1Cc1ccco1. The van der Waals surface area contributed by atoms with Crippen molar-refractivity contribution in [2.75, 3.05) is 7.11 Å². The molecule has 0 saturated carbocycles. The van der Waals surface area contributed by atoms with Crippen molar-refractivity contribution in [2.24, 2.45) is 0 Å². The molecule has 7 heteroatoms. The van der Waals surface area contributed by atoms with Gasteiger partial charge < -0.3 is 9.15 Å². The van der Waals surface area contributed by atoms with E-state index in [0.717, 1.165) is 6.42 Å². The highest BCUT2D eigenvalue weighted by Gasteiger charge is 2.16. The summed E-state index contributed by atoms with van der Waals surface area (Å²) in [5.41, 5.74) is 0.697. The van der Waals surface area contributed by atoms with E-state index in [4.69, 9.17) is 9.15 Å². The zero-order valence-electron chi connectivity index (χ0n) is 14.9. The molecule has 0 amide bonds. The molecule has 0 aliphatic carbocycles. The molecule has 0 radical (unpaired) electrons. The van der Waals surface area contributed by atoms with E-state index in [2.05, 4.69) is 18.8 Å². The summed E-state index contributed by atoms with van der Waals surface area (Å²) in [7, 11) is 1.32. The zero-order chi connectivity index (χ0) is 18.7. The number of hydrogen-bond donors (Lipinski definition) is 0. The fourth-order valence-corrected chi connectivity index (χ4v) is 3.45. The van der Waals surface area contributed by atoms with Gasteiger partial charge in [-0.15, -0.1) is 0 Å². The van der Waals surface area contributed by atoms with Crippen molar-refractivity contribution < 1.29 is 13.9 Å². The van der Waals surface area contributed by atoms with Crippen molar-refractivity contribution in [1.29, 1.82) is 0 Å². The summed E-state index contributed by atoms with van der Waals surface area (Å²) in [4.78, 5) is 29.5. The average molecular weight is 372 g/mol. The van der Waals surface area contributed by atoms with Crippen LogP contribution in [0.3, 0.4) is 0 Å². The van der Waals surface area contributed by atoms with E-state index in [1.807, 2.05) is 6.07 Å². The maximum absolute atomic E-state index is 13.0. The third-order valence-electron chi connectivity index (χ3n) is 4.12. The molecule has 3 aromatic rings. The number of nitrogens with zero attached hydrogens (tertiary/aromatic N) is 2. The molecular formula is C19H20N2O4S. The molecule has 0 saturated heterocycles. The van der Waals surface area contributed by atoms with Crippen LogP contribution in [0.2, 0.25) is 0 Å². The molecule has 0 bridgehead atoms. The number of fused-ring (bicyclic) bond motifs is 1. The van der Waals surface area contributed by atoms with E-state index in [-0.39, 0.29) is 5.56 Å². The first-order valence-corrected chi connectivity index (χ1v) is 9.23. The van der Waals surface area contributed by atoms with Crippen LogP contribution >= 0.6 is 11.8 Å². The van der Waals surface area contributed by atoms with Crippen LogP contribution in [0.15, 0.2) is 51.0 Å². The molecule has 1 atom stereocenters. The lowest BCUT2D eigenvalue weighted by Crippen LogP contribution is -2.24. The van der Waals surface area contributed by atoms with Crippen molar-refractivity contribution >= 4 is 28.6 Å². The number of esters is 1. The van der Waals surface area contributed by atoms with Crippen molar-refractivity contribution in [2.45, 2.75) is 37.2 Å². The molecule has 0 N–H and O–H groups in total. The maximum Gasteiger partial charge on any atom is 0.337 e. The van der Waals surface area contributed by atoms with Gasteiger partial charge in [0.05, 0.1) is 36.4 Å². The second kappa shape index (κ2) is 7.78. The molecule has 0 aliphatic rings. The van der Waals surface area contributed by atoms with Crippen LogP contribution in [0.25, 0.3) is 10.9 Å². The lowest BCUT2D eigenvalue weighted by molar-refractivity contribution is 0.0601. The van der Waals surface area contributed by atoms with Crippen molar-refractivity contribution in [1.82, 2.24) is 9.55 Å². The van der Waals surface area contributed by atoms with Crippen LogP contribution in [0, 0.1) is 0 Å². The monoisotopic (exact) mass is 372 g/mol. The van der Waals surface area contributed by atoms with Gasteiger partial charge in [-0.05, 0) is 36.8 Å². The molecule has 3 rings (SSSR count). The molecule has 136 valence electrons. The van der Waals surface area contributed by atoms with Gasteiger partial charge in [0.15, 0.2) is 5.16 Å². The van der Waals surface area contributed by atoms with Gasteiger partial charge in [0.2, 0.25) is 0 Å². The van der Waals surface area contributed by atoms with Gasteiger partial charge in [0, 0.05) is 5.25 Å². The highest BCUT2D eigenvalue weighted by Crippen LogP contribution is 2.25. The number of rotatable bonds is 6. The highest BCUT2D eigenvalue weighted by atomic mass is 32.2. The number of hydrogen-bond acceptors (Lipinski definition) is 6. The topological polar surface area (TPSA) is 74.3 Å². The van der Waals surface area contributed by atoms with Crippen LogP contribution in [0.5, 0.6) is 0 Å². The largest absolute Gasteiger partial charge is 0.467 e. The zero-order valence-corrected chi connectivity index (χ0v) is 15.7. The highest BCUT2D eigenvalue weighted by molar-refractivity contribution is 7.99. The summed E-state index contributed by atoms with van der Waals surface area (Å²) in [6.07, 6.45) is 2.53. The first-order chi connectivity index (χ1) is 12.5. The Labute approximate surface area is 155 Å². The second-order valence-corrected chi connectivity index (χ2v) is 7.33. The number of aromatic nitrogens is 2. The van der Waals surface area contributed by atoms with E-state index in [0.29, 0.717) is 39.2 Å². The van der Waals surface area contributed by atoms with Gasteiger partial charge in [0.25, 0.3) is 5.56 Å². The summed E-state index contributed by atoms with van der Waals surface area (Å²) in [5.74, 6) is 0.232. The number of methoxy groups -OCH3 is 1. The lowest BCUT2D eigenvalue weighted by Gasteiger charge is -2.15. The predicted octanol–water partition coefficient (Wildman–Crippen LogP) is 3.72. The van der Waals surface area contributed by atoms with Crippen LogP contribution in [-0.4, -0.2) is 27.9 Å². The number of furan rings is 1. The summed E-state index contributed by atoms with van der Waals surface area (Å²) >= 11 is 1.54. The molecular weight excluding hydrogens is 352 g/mol. The van der Waals surface area contributed by atoms with Crippen LogP contribution in [-0.2, 0) is 11.3 Å². The van der Waals surface area contributed by atoms with E-state index in [9.17, 15) is 9.59 Å². The van der Waals surface area contributed by atoms with E-state index in [1.54, 1.807) is 35.1 Å². The summed E-state index contributed by atoms with van der Waals surface area (Å²) in [6.45, 7) is 4.48. The smallest absolute Gasteiger partial charge is 0.337 e. The molecule has 6 nitrogen and oxygen atoms in total. The minimum atomic E-state index is -0.454. The van der Waals surface area contributed by atoms with Crippen LogP contribution < -0.4 is 5.56 Å². The first kappa shape index (κ1) is 18.3. The quantitative estimate of drug-likeness (QED) is 0.373. The lowest BCUT2D eigenvalue weighted by atomic mass is 10.1. The molecule has 2 aromatic heterocycles. The van der Waals surface area contributed by atoms with E-state index < -0.39 is 5.97 Å². The number of thioether (sulfide) groups is 1. The Morgan fingerprint density at radius 2 is 2.19 bits per heavy atom. The summed E-state index contributed by atoms with van der Waals surface area (Å²) in [5, 5.41) is 1.36. The normalized spacial score (nSPS) is 12.3. The molecule has 1 unspecified atom stereocenters. The Balaban J connectivity index is 2.16. The predicted molar refractivity (Wildman–Crippen MR) is 101 cm³/mol. The number of carbonyl (C=O) groups is 1. The summed E-state index contributed by atoms with van der Waals surface area (Å²) in [6, 6.07) is 8.41. The van der Waals surface area contributed by atoms with Gasteiger partial charge in [-0.25, -0.2) is 9.78 Å². The van der Waals surface area contributed by atoms with Crippen molar-refractivity contribution in [3.05, 3.63) is 58.3 Å². The minimum Gasteiger partial charge on any atom is -0.467 e. The number of ether oxygens (including phenoxy) is 1. The molecule has 1 aromatic carbocycles. The van der Waals surface area contributed by atoms with Gasteiger partial charge in [-0.2, -0.15) is 0 Å². The minimum absolute atomic E-state index is 0.159. The Hall–Kier alpha value is -2.54. The standard InChI is InChI=1S/C19H20N2O4S/c1-4-12(2)26-19-20-16-10-13(18(23)24-3)7-8-15(16)17(22)21(19)11-14-6-5-9-25-14/h5-10,12H,4,11H2,1-3H3. The number of benzene rings is 1. The van der Waals surface area contributed by atoms with Gasteiger partial charge >= 0.3 is 5.97 Å². The number of carbonyl (C=O) groups excluding carboxylic acids is 1. The van der Waals surface area contributed by atoms with Crippen LogP contribution in [0.4, 0.5) is 0 Å². The molecule has 0 aliphatic heterocycles. The summed E-state index contributed by atoms with van der Waals surface area (Å²) < 4.78 is 11.8. The molecule has 0 fully saturated rings. The van der Waals surface area contributed by atoms with E-state index >= 15 is 0 Å². The first-order valence-electron chi connectivity index (χ1n) is 8.35. The third-order valence-corrected chi connectivity index (χ3v) is 5.38. The maximum atomic E-state index is 13.0. The fraction of sp³-hybridized carbons (Fsp3) is 0.316. The van der Waals surface area contributed by atoms with Gasteiger partial charge in [-0.1, -0.05) is 25.6 Å². The molecule has 0 spiro atoms. The van der Waals surface area contributed by atoms with E-state index in [1.165, 1.54) is 18.9 Å². The second-order valence-electron chi connectivity index (χ2n) is 5.93. The average Bonchev–Trinajstić information content (AvgIpc) is 3.16.